The van der Waals surface area contributed by atoms with Crippen LogP contribution in [0.4, 0.5) is 15.9 Å². The molecule has 0 radical (unpaired) electrons. The van der Waals surface area contributed by atoms with Gasteiger partial charge >= 0.3 is 0 Å². The first-order chi connectivity index (χ1) is 14.7. The molecule has 7 nitrogen and oxygen atoms in total. The summed E-state index contributed by atoms with van der Waals surface area (Å²) < 4.78 is 16.0. The standard InChI is InChI=1S/C22H16FN7/c1-13(29-22-19-21(26-11-25-19)27-12-28-22)20-18(24-2)16-8-3-4-9-17(16)30(20)15-7-5-6-14(23)10-15/h3-13H,1H3,(H2,25,26,27,28,29). The second-order valence-electron chi connectivity index (χ2n) is 6.87. The van der Waals surface area contributed by atoms with Crippen molar-refractivity contribution < 1.29 is 4.39 Å². The Morgan fingerprint density at radius 3 is 2.83 bits per heavy atom. The Kier molecular flexibility index (Phi) is 4.14. The number of H-pyrrole nitrogens is 1. The Hall–Kier alpha value is -4.25. The van der Waals surface area contributed by atoms with Gasteiger partial charge in [-0.15, -0.1) is 0 Å². The van der Waals surface area contributed by atoms with Gasteiger partial charge in [-0.05, 0) is 31.2 Å². The van der Waals surface area contributed by atoms with E-state index in [1.54, 1.807) is 12.4 Å². The number of hydrogen-bond acceptors (Lipinski definition) is 4. The van der Waals surface area contributed by atoms with Gasteiger partial charge in [0.15, 0.2) is 11.5 Å². The van der Waals surface area contributed by atoms with Crippen molar-refractivity contribution in [3.05, 3.63) is 84.1 Å². The van der Waals surface area contributed by atoms with E-state index in [-0.39, 0.29) is 11.9 Å². The highest BCUT2D eigenvalue weighted by molar-refractivity contribution is 5.97. The van der Waals surface area contributed by atoms with Gasteiger partial charge < -0.3 is 14.9 Å². The van der Waals surface area contributed by atoms with Crippen molar-refractivity contribution in [2.45, 2.75) is 13.0 Å². The van der Waals surface area contributed by atoms with Gasteiger partial charge in [0.25, 0.3) is 0 Å². The molecule has 5 rings (SSSR count). The Morgan fingerprint density at radius 2 is 2.00 bits per heavy atom. The molecule has 0 bridgehead atoms. The summed E-state index contributed by atoms with van der Waals surface area (Å²) in [5, 5.41) is 4.18. The minimum Gasteiger partial charge on any atom is -0.361 e. The maximum atomic E-state index is 14.0. The van der Waals surface area contributed by atoms with Crippen LogP contribution in [0.1, 0.15) is 18.7 Å². The van der Waals surface area contributed by atoms with Crippen molar-refractivity contribution in [1.29, 1.82) is 0 Å². The molecule has 0 fully saturated rings. The normalized spacial score (nSPS) is 12.2. The topological polar surface area (TPSA) is 75.8 Å². The van der Waals surface area contributed by atoms with Gasteiger partial charge in [-0.3, -0.25) is 0 Å². The maximum absolute atomic E-state index is 14.0. The predicted octanol–water partition coefficient (Wildman–Crippen LogP) is 5.16. The molecular formula is C22H16FN7. The number of halogens is 1. The molecule has 5 aromatic rings. The maximum Gasteiger partial charge on any atom is 0.217 e. The lowest BCUT2D eigenvalue weighted by Crippen LogP contribution is -2.13. The summed E-state index contributed by atoms with van der Waals surface area (Å²) in [6.45, 7) is 9.78. The molecule has 30 heavy (non-hydrogen) atoms. The molecule has 1 unspecified atom stereocenters. The van der Waals surface area contributed by atoms with Gasteiger partial charge in [-0.25, -0.2) is 24.2 Å². The minimum absolute atomic E-state index is 0.314. The smallest absolute Gasteiger partial charge is 0.217 e. The second kappa shape index (κ2) is 6.97. The van der Waals surface area contributed by atoms with Crippen LogP contribution in [-0.4, -0.2) is 24.5 Å². The number of nitrogens with one attached hydrogen (secondary N) is 2. The van der Waals surface area contributed by atoms with Crippen LogP contribution in [-0.2, 0) is 0 Å². The van der Waals surface area contributed by atoms with Crippen molar-refractivity contribution >= 4 is 33.6 Å². The van der Waals surface area contributed by atoms with E-state index >= 15 is 0 Å². The number of aromatic amines is 1. The molecule has 0 spiro atoms. The van der Waals surface area contributed by atoms with E-state index in [4.69, 9.17) is 6.57 Å². The molecule has 3 aromatic heterocycles. The Morgan fingerprint density at radius 1 is 1.13 bits per heavy atom. The van der Waals surface area contributed by atoms with E-state index in [0.717, 1.165) is 16.6 Å². The van der Waals surface area contributed by atoms with Crippen LogP contribution in [0.2, 0.25) is 0 Å². The van der Waals surface area contributed by atoms with E-state index in [9.17, 15) is 4.39 Å². The molecule has 2 aromatic carbocycles. The summed E-state index contributed by atoms with van der Waals surface area (Å²) in [6.07, 6.45) is 3.00. The Labute approximate surface area is 171 Å². The van der Waals surface area contributed by atoms with Crippen LogP contribution in [0, 0.1) is 12.4 Å². The number of nitrogens with zero attached hydrogens (tertiary/aromatic N) is 5. The van der Waals surface area contributed by atoms with Crippen LogP contribution < -0.4 is 5.32 Å². The summed E-state index contributed by atoms with van der Waals surface area (Å²) >= 11 is 0. The molecule has 0 amide bonds. The van der Waals surface area contributed by atoms with E-state index in [1.807, 2.05) is 41.8 Å². The van der Waals surface area contributed by atoms with Crippen LogP contribution in [0.25, 0.3) is 32.6 Å². The van der Waals surface area contributed by atoms with Gasteiger partial charge in [-0.1, -0.05) is 24.3 Å². The third-order valence-corrected chi connectivity index (χ3v) is 5.05. The monoisotopic (exact) mass is 397 g/mol. The highest BCUT2D eigenvalue weighted by Crippen LogP contribution is 2.40. The van der Waals surface area contributed by atoms with Crippen LogP contribution in [0.15, 0.2) is 61.2 Å². The lowest BCUT2D eigenvalue weighted by atomic mass is 10.1. The molecule has 0 aliphatic carbocycles. The molecule has 2 N–H and O–H groups in total. The van der Waals surface area contributed by atoms with Crippen LogP contribution in [0.3, 0.4) is 0 Å². The molecule has 0 aliphatic heterocycles. The highest BCUT2D eigenvalue weighted by atomic mass is 19.1. The van der Waals surface area contributed by atoms with E-state index in [1.165, 1.54) is 18.5 Å². The number of anilines is 1. The summed E-state index contributed by atoms with van der Waals surface area (Å²) in [6, 6.07) is 13.7. The van der Waals surface area contributed by atoms with Gasteiger partial charge in [0.1, 0.15) is 17.7 Å². The lowest BCUT2D eigenvalue weighted by molar-refractivity contribution is 0.626. The van der Waals surface area contributed by atoms with Gasteiger partial charge in [0, 0.05) is 16.6 Å². The van der Waals surface area contributed by atoms with Crippen molar-refractivity contribution in [1.82, 2.24) is 24.5 Å². The highest BCUT2D eigenvalue weighted by Gasteiger charge is 2.24. The first-order valence-corrected chi connectivity index (χ1v) is 9.34. The van der Waals surface area contributed by atoms with E-state index in [2.05, 4.69) is 30.1 Å². The molecule has 0 aliphatic rings. The molecule has 0 saturated carbocycles. The summed E-state index contributed by atoms with van der Waals surface area (Å²) in [7, 11) is 0. The van der Waals surface area contributed by atoms with Crippen molar-refractivity contribution in [2.24, 2.45) is 0 Å². The number of para-hydroxylation sites is 1. The zero-order valence-electron chi connectivity index (χ0n) is 16.0. The molecular weight excluding hydrogens is 381 g/mol. The lowest BCUT2D eigenvalue weighted by Gasteiger charge is -2.19. The zero-order valence-corrected chi connectivity index (χ0v) is 16.0. The first kappa shape index (κ1) is 17.8. The zero-order chi connectivity index (χ0) is 20.7. The van der Waals surface area contributed by atoms with Gasteiger partial charge in [-0.2, -0.15) is 0 Å². The predicted molar refractivity (Wildman–Crippen MR) is 113 cm³/mol. The summed E-state index contributed by atoms with van der Waals surface area (Å²) in [4.78, 5) is 19.5. The summed E-state index contributed by atoms with van der Waals surface area (Å²) in [5.74, 6) is 0.244. The van der Waals surface area contributed by atoms with Gasteiger partial charge in [0.05, 0.1) is 24.6 Å². The molecule has 146 valence electrons. The van der Waals surface area contributed by atoms with Crippen LogP contribution >= 0.6 is 0 Å². The van der Waals surface area contributed by atoms with Crippen molar-refractivity contribution in [3.8, 4) is 5.69 Å². The third kappa shape index (κ3) is 2.76. The third-order valence-electron chi connectivity index (χ3n) is 5.05. The number of imidazole rings is 1. The largest absolute Gasteiger partial charge is 0.361 e. The Bertz CT molecular complexity index is 1430. The second-order valence-corrected chi connectivity index (χ2v) is 6.87. The van der Waals surface area contributed by atoms with Crippen molar-refractivity contribution in [2.75, 3.05) is 5.32 Å². The fraction of sp³-hybridized carbons (Fsp3) is 0.0909. The average molecular weight is 397 g/mol. The van der Waals surface area contributed by atoms with Gasteiger partial charge in [0.2, 0.25) is 5.69 Å². The number of fused-ring (bicyclic) bond motifs is 2. The van der Waals surface area contributed by atoms with E-state index < -0.39 is 0 Å². The molecule has 1 atom stereocenters. The van der Waals surface area contributed by atoms with E-state index in [0.29, 0.717) is 28.4 Å². The molecule has 8 heteroatoms. The van der Waals surface area contributed by atoms with Crippen LogP contribution in [0.5, 0.6) is 0 Å². The number of aromatic nitrogens is 5. The number of hydrogen-bond donors (Lipinski definition) is 2. The SMILES string of the molecule is [C-]#[N+]c1c(C(C)Nc2ncnc3nc[nH]c23)n(-c2cccc(F)c2)c2ccccc12. The quantitative estimate of drug-likeness (QED) is 0.411. The molecule has 3 heterocycles. The molecule has 0 saturated heterocycles. The fourth-order valence-corrected chi connectivity index (χ4v) is 3.80. The Balaban J connectivity index is 1.72. The first-order valence-electron chi connectivity index (χ1n) is 9.34. The number of benzene rings is 2. The summed E-state index contributed by atoms with van der Waals surface area (Å²) in [5.41, 5.74) is 3.97. The van der Waals surface area contributed by atoms with Crippen molar-refractivity contribution in [3.63, 3.8) is 0 Å². The number of rotatable bonds is 4. The minimum atomic E-state index is -0.337. The fourth-order valence-electron chi connectivity index (χ4n) is 3.80. The average Bonchev–Trinajstić information content (AvgIpc) is 3.36.